The van der Waals surface area contributed by atoms with Crippen LogP contribution in [-0.2, 0) is 0 Å². The number of ether oxygens (including phenoxy) is 1. The predicted octanol–water partition coefficient (Wildman–Crippen LogP) is 3.92. The van der Waals surface area contributed by atoms with Gasteiger partial charge >= 0.3 is 0 Å². The maximum Gasteiger partial charge on any atom is 0.274 e. The number of amides is 1. The topological polar surface area (TPSA) is 51.2 Å². The van der Waals surface area contributed by atoms with Gasteiger partial charge in [0.2, 0.25) is 5.95 Å². The molecule has 0 aliphatic rings. The summed E-state index contributed by atoms with van der Waals surface area (Å²) in [6.45, 7) is 2.49. The van der Waals surface area contributed by atoms with Crippen molar-refractivity contribution in [1.29, 1.82) is 0 Å². The Morgan fingerprint density at radius 2 is 2.19 bits per heavy atom. The minimum atomic E-state index is -0.712. The average Bonchev–Trinajstić information content (AvgIpc) is 2.46. The first-order valence-corrected chi connectivity index (χ1v) is 6.84. The van der Waals surface area contributed by atoms with Crippen molar-refractivity contribution in [3.05, 3.63) is 53.1 Å². The molecule has 0 bridgehead atoms. The number of pyridine rings is 1. The van der Waals surface area contributed by atoms with Crippen molar-refractivity contribution in [1.82, 2.24) is 4.98 Å². The molecule has 0 spiro atoms. The van der Waals surface area contributed by atoms with E-state index in [-0.39, 0.29) is 5.69 Å². The lowest BCUT2D eigenvalue weighted by atomic mass is 10.2. The minimum absolute atomic E-state index is 0.0172. The molecule has 0 fully saturated rings. The molecular weight excluding hydrogens is 295 g/mol. The van der Waals surface area contributed by atoms with Crippen LogP contribution in [0, 0.1) is 5.95 Å². The van der Waals surface area contributed by atoms with Gasteiger partial charge in [-0.15, -0.1) is 0 Å². The number of hydrogen-bond acceptors (Lipinski definition) is 3. The van der Waals surface area contributed by atoms with Gasteiger partial charge in [-0.25, -0.2) is 4.98 Å². The second-order valence-corrected chi connectivity index (χ2v) is 4.73. The van der Waals surface area contributed by atoms with Crippen LogP contribution < -0.4 is 10.1 Å². The fourth-order valence-corrected chi connectivity index (χ4v) is 1.83. The van der Waals surface area contributed by atoms with Crippen molar-refractivity contribution in [2.45, 2.75) is 13.3 Å². The highest BCUT2D eigenvalue weighted by atomic mass is 35.5. The van der Waals surface area contributed by atoms with Gasteiger partial charge in [0.05, 0.1) is 12.3 Å². The number of carbonyl (C=O) groups excluding carboxylic acids is 1. The average molecular weight is 309 g/mol. The molecular formula is C15H14ClFN2O2. The van der Waals surface area contributed by atoms with Crippen LogP contribution in [0.15, 0.2) is 36.4 Å². The zero-order valence-corrected chi connectivity index (χ0v) is 12.2. The van der Waals surface area contributed by atoms with E-state index >= 15 is 0 Å². The summed E-state index contributed by atoms with van der Waals surface area (Å²) in [6.07, 6.45) is 0.835. The van der Waals surface area contributed by atoms with Crippen molar-refractivity contribution < 1.29 is 13.9 Å². The summed E-state index contributed by atoms with van der Waals surface area (Å²) in [4.78, 5) is 15.6. The van der Waals surface area contributed by atoms with E-state index in [4.69, 9.17) is 16.3 Å². The molecule has 1 aromatic carbocycles. The van der Waals surface area contributed by atoms with E-state index in [0.717, 1.165) is 6.42 Å². The fourth-order valence-electron chi connectivity index (χ4n) is 1.66. The molecule has 4 nitrogen and oxygen atoms in total. The maximum atomic E-state index is 13.0. The Labute approximate surface area is 126 Å². The van der Waals surface area contributed by atoms with Gasteiger partial charge in [-0.05, 0) is 36.8 Å². The molecule has 2 rings (SSSR count). The Hall–Kier alpha value is -2.14. The molecule has 0 unspecified atom stereocenters. The molecule has 0 radical (unpaired) electrons. The van der Waals surface area contributed by atoms with Gasteiger partial charge in [0.15, 0.2) is 0 Å². The summed E-state index contributed by atoms with van der Waals surface area (Å²) in [5, 5.41) is 3.09. The smallest absolute Gasteiger partial charge is 0.274 e. The zero-order valence-electron chi connectivity index (χ0n) is 11.4. The van der Waals surface area contributed by atoms with Crippen molar-refractivity contribution in [3.63, 3.8) is 0 Å². The molecule has 2 aromatic rings. The highest BCUT2D eigenvalue weighted by molar-refractivity contribution is 6.31. The van der Waals surface area contributed by atoms with Gasteiger partial charge < -0.3 is 10.1 Å². The molecule has 1 heterocycles. The van der Waals surface area contributed by atoms with Crippen LogP contribution in [0.1, 0.15) is 23.8 Å². The molecule has 0 atom stereocenters. The Balaban J connectivity index is 2.21. The molecule has 1 aromatic heterocycles. The standard InChI is InChI=1S/C15H14ClFN2O2/c1-2-8-21-13-7-6-10(16)9-12(13)19-15(20)11-4-3-5-14(17)18-11/h3-7,9H,2,8H2,1H3,(H,19,20). The van der Waals surface area contributed by atoms with E-state index in [2.05, 4.69) is 10.3 Å². The van der Waals surface area contributed by atoms with E-state index in [1.807, 2.05) is 6.92 Å². The summed E-state index contributed by atoms with van der Waals surface area (Å²) in [6, 6.07) is 8.93. The highest BCUT2D eigenvalue weighted by Gasteiger charge is 2.12. The Morgan fingerprint density at radius 3 is 2.90 bits per heavy atom. The number of nitrogens with one attached hydrogen (secondary N) is 1. The van der Waals surface area contributed by atoms with Gasteiger partial charge in [0.25, 0.3) is 5.91 Å². The first-order valence-electron chi connectivity index (χ1n) is 6.46. The molecule has 0 aliphatic carbocycles. The van der Waals surface area contributed by atoms with E-state index in [1.165, 1.54) is 18.2 Å². The highest BCUT2D eigenvalue weighted by Crippen LogP contribution is 2.28. The molecule has 0 saturated heterocycles. The van der Waals surface area contributed by atoms with Crippen LogP contribution in [0.2, 0.25) is 5.02 Å². The molecule has 6 heteroatoms. The van der Waals surface area contributed by atoms with Crippen molar-refractivity contribution in [3.8, 4) is 5.75 Å². The van der Waals surface area contributed by atoms with E-state index in [9.17, 15) is 9.18 Å². The summed E-state index contributed by atoms with van der Waals surface area (Å²) in [7, 11) is 0. The minimum Gasteiger partial charge on any atom is -0.491 e. The molecule has 1 amide bonds. The number of anilines is 1. The monoisotopic (exact) mass is 308 g/mol. The number of rotatable bonds is 5. The summed E-state index contributed by atoms with van der Waals surface area (Å²) in [5.74, 6) is -0.736. The zero-order chi connectivity index (χ0) is 15.2. The maximum absolute atomic E-state index is 13.0. The lowest BCUT2D eigenvalue weighted by Gasteiger charge is -2.12. The lowest BCUT2D eigenvalue weighted by molar-refractivity contribution is 0.102. The van der Waals surface area contributed by atoms with E-state index < -0.39 is 11.9 Å². The summed E-state index contributed by atoms with van der Waals surface area (Å²) < 4.78 is 18.6. The van der Waals surface area contributed by atoms with Crippen LogP contribution in [0.4, 0.5) is 10.1 Å². The van der Waals surface area contributed by atoms with Crippen LogP contribution in [0.3, 0.4) is 0 Å². The number of aromatic nitrogens is 1. The molecule has 1 N–H and O–H groups in total. The van der Waals surface area contributed by atoms with E-state index in [1.54, 1.807) is 18.2 Å². The third kappa shape index (κ3) is 4.16. The first-order chi connectivity index (χ1) is 10.1. The van der Waals surface area contributed by atoms with Gasteiger partial charge in [0.1, 0.15) is 11.4 Å². The molecule has 21 heavy (non-hydrogen) atoms. The Morgan fingerprint density at radius 1 is 1.38 bits per heavy atom. The molecule has 0 saturated carbocycles. The van der Waals surface area contributed by atoms with Gasteiger partial charge in [-0.3, -0.25) is 4.79 Å². The van der Waals surface area contributed by atoms with Crippen LogP contribution in [0.25, 0.3) is 0 Å². The van der Waals surface area contributed by atoms with Crippen molar-refractivity contribution in [2.75, 3.05) is 11.9 Å². The number of hydrogen-bond donors (Lipinski definition) is 1. The third-order valence-corrected chi connectivity index (χ3v) is 2.83. The predicted molar refractivity (Wildman–Crippen MR) is 79.4 cm³/mol. The van der Waals surface area contributed by atoms with Gasteiger partial charge in [-0.1, -0.05) is 24.6 Å². The summed E-state index contributed by atoms with van der Waals surface area (Å²) in [5.41, 5.74) is 0.406. The van der Waals surface area contributed by atoms with Gasteiger partial charge in [0, 0.05) is 5.02 Å². The van der Waals surface area contributed by atoms with Crippen molar-refractivity contribution in [2.24, 2.45) is 0 Å². The second-order valence-electron chi connectivity index (χ2n) is 4.29. The largest absolute Gasteiger partial charge is 0.491 e. The third-order valence-electron chi connectivity index (χ3n) is 2.60. The van der Waals surface area contributed by atoms with Crippen LogP contribution in [0.5, 0.6) is 5.75 Å². The van der Waals surface area contributed by atoms with Crippen molar-refractivity contribution >= 4 is 23.2 Å². The summed E-state index contributed by atoms with van der Waals surface area (Å²) >= 11 is 5.92. The van der Waals surface area contributed by atoms with Crippen LogP contribution >= 0.6 is 11.6 Å². The molecule has 0 aliphatic heterocycles. The number of nitrogens with zero attached hydrogens (tertiary/aromatic N) is 1. The Bertz CT molecular complexity index is 649. The van der Waals surface area contributed by atoms with E-state index in [0.29, 0.717) is 23.1 Å². The fraction of sp³-hybridized carbons (Fsp3) is 0.200. The second kappa shape index (κ2) is 7.04. The number of benzene rings is 1. The molecule has 110 valence electrons. The lowest BCUT2D eigenvalue weighted by Crippen LogP contribution is -2.15. The number of halogens is 2. The normalized spacial score (nSPS) is 10.2. The SMILES string of the molecule is CCCOc1ccc(Cl)cc1NC(=O)c1cccc(F)n1. The quantitative estimate of drug-likeness (QED) is 0.852. The van der Waals surface area contributed by atoms with Crippen LogP contribution in [-0.4, -0.2) is 17.5 Å². The van der Waals surface area contributed by atoms with Gasteiger partial charge in [-0.2, -0.15) is 4.39 Å². The number of carbonyl (C=O) groups is 1. The Kier molecular flexibility index (Phi) is 5.11. The first kappa shape index (κ1) is 15.3.